The number of thiophene rings is 1. The molecule has 3 rings (SSSR count). The zero-order chi connectivity index (χ0) is 15.9. The molecule has 0 bridgehead atoms. The molecule has 1 aliphatic carbocycles. The molecule has 1 N–H and O–H groups in total. The first-order chi connectivity index (χ1) is 10.3. The quantitative estimate of drug-likeness (QED) is 0.923. The number of hydrogen-bond acceptors (Lipinski definition) is 4. The average molecular weight is 322 g/mol. The number of carbonyl (C=O) groups is 1. The summed E-state index contributed by atoms with van der Waals surface area (Å²) in [5.41, 5.74) is -0.662. The average Bonchev–Trinajstić information content (AvgIpc) is 3.12. The predicted octanol–water partition coefficient (Wildman–Crippen LogP) is 2.08. The molecule has 1 aromatic rings. The molecule has 2 aliphatic rings. The third-order valence-corrected chi connectivity index (χ3v) is 5.66. The van der Waals surface area contributed by atoms with Crippen molar-refractivity contribution in [2.45, 2.75) is 38.7 Å². The maximum atomic E-state index is 12.6. The number of aliphatic hydroxyl groups is 1. The lowest BCUT2D eigenvalue weighted by atomic mass is 10.1. The van der Waals surface area contributed by atoms with Gasteiger partial charge in [-0.1, -0.05) is 0 Å². The van der Waals surface area contributed by atoms with Crippen molar-refractivity contribution >= 4 is 17.2 Å². The molecular weight excluding hydrogens is 296 g/mol. The number of amides is 1. The van der Waals surface area contributed by atoms with Crippen LogP contribution in [0.3, 0.4) is 0 Å². The lowest BCUT2D eigenvalue weighted by Crippen LogP contribution is -2.52. The topological polar surface area (TPSA) is 43.8 Å². The van der Waals surface area contributed by atoms with Gasteiger partial charge in [0.25, 0.3) is 0 Å². The van der Waals surface area contributed by atoms with Crippen LogP contribution in [0.25, 0.3) is 0 Å². The van der Waals surface area contributed by atoms with Crippen molar-refractivity contribution in [1.29, 1.82) is 0 Å². The highest BCUT2D eigenvalue weighted by Crippen LogP contribution is 2.50. The minimum Gasteiger partial charge on any atom is -0.389 e. The van der Waals surface area contributed by atoms with E-state index < -0.39 is 5.60 Å². The fourth-order valence-electron chi connectivity index (χ4n) is 3.34. The van der Waals surface area contributed by atoms with E-state index in [-0.39, 0.29) is 5.92 Å². The Balaban J connectivity index is 1.49. The third kappa shape index (κ3) is 3.70. The molecule has 0 aromatic carbocycles. The van der Waals surface area contributed by atoms with E-state index in [9.17, 15) is 9.90 Å². The zero-order valence-electron chi connectivity index (χ0n) is 13.7. The van der Waals surface area contributed by atoms with Crippen molar-refractivity contribution in [3.05, 3.63) is 21.9 Å². The summed E-state index contributed by atoms with van der Waals surface area (Å²) in [6.07, 6.45) is 1.02. The predicted molar refractivity (Wildman–Crippen MR) is 89.2 cm³/mol. The van der Waals surface area contributed by atoms with E-state index in [1.54, 1.807) is 0 Å². The number of nitrogens with zero attached hydrogens (tertiary/aromatic N) is 2. The number of carbonyl (C=O) groups excluding carboxylic acids is 1. The number of piperazine rings is 1. The number of rotatable bonds is 4. The van der Waals surface area contributed by atoms with Crippen LogP contribution in [0.15, 0.2) is 12.1 Å². The Labute approximate surface area is 136 Å². The van der Waals surface area contributed by atoms with Gasteiger partial charge in [0, 0.05) is 54.3 Å². The summed E-state index contributed by atoms with van der Waals surface area (Å²) < 4.78 is 0. The highest BCUT2D eigenvalue weighted by molar-refractivity contribution is 7.12. The van der Waals surface area contributed by atoms with Crippen LogP contribution in [0, 0.1) is 12.8 Å². The summed E-state index contributed by atoms with van der Waals surface area (Å²) in [6.45, 7) is 9.79. The van der Waals surface area contributed by atoms with Gasteiger partial charge in [-0.15, -0.1) is 11.3 Å². The Bertz CT molecular complexity index is 541. The number of β-amino-alcohol motifs (C(OH)–C–C–N with tert-alkyl or cyclic N) is 1. The molecule has 0 unspecified atom stereocenters. The van der Waals surface area contributed by atoms with Crippen molar-refractivity contribution in [2.75, 3.05) is 32.7 Å². The van der Waals surface area contributed by atoms with Gasteiger partial charge in [-0.05, 0) is 39.3 Å². The summed E-state index contributed by atoms with van der Waals surface area (Å²) >= 11 is 1.83. The van der Waals surface area contributed by atoms with E-state index >= 15 is 0 Å². The molecule has 122 valence electrons. The summed E-state index contributed by atoms with van der Waals surface area (Å²) in [7, 11) is 0. The fourth-order valence-corrected chi connectivity index (χ4v) is 4.40. The largest absolute Gasteiger partial charge is 0.389 e. The fraction of sp³-hybridized carbons (Fsp3) is 0.706. The summed E-state index contributed by atoms with van der Waals surface area (Å²) in [4.78, 5) is 19.6. The van der Waals surface area contributed by atoms with Crippen LogP contribution in [0.2, 0.25) is 0 Å². The van der Waals surface area contributed by atoms with Crippen molar-refractivity contribution in [3.8, 4) is 0 Å². The minimum atomic E-state index is -0.662. The van der Waals surface area contributed by atoms with E-state index in [2.05, 4.69) is 24.0 Å². The highest BCUT2D eigenvalue weighted by Gasteiger charge is 2.46. The van der Waals surface area contributed by atoms with Crippen LogP contribution >= 0.6 is 11.3 Å². The smallest absolute Gasteiger partial charge is 0.226 e. The van der Waals surface area contributed by atoms with Crippen molar-refractivity contribution in [2.24, 2.45) is 5.92 Å². The van der Waals surface area contributed by atoms with Gasteiger partial charge in [0.1, 0.15) is 0 Å². The van der Waals surface area contributed by atoms with Crippen molar-refractivity contribution < 1.29 is 9.90 Å². The molecule has 4 nitrogen and oxygen atoms in total. The third-order valence-electron chi connectivity index (χ3n) is 4.53. The Morgan fingerprint density at radius 1 is 1.32 bits per heavy atom. The van der Waals surface area contributed by atoms with Gasteiger partial charge in [-0.2, -0.15) is 0 Å². The van der Waals surface area contributed by atoms with Crippen LogP contribution in [-0.2, 0) is 4.79 Å². The molecule has 22 heavy (non-hydrogen) atoms. The monoisotopic (exact) mass is 322 g/mol. The van der Waals surface area contributed by atoms with Crippen molar-refractivity contribution in [3.63, 3.8) is 0 Å². The van der Waals surface area contributed by atoms with E-state index in [1.807, 2.05) is 30.1 Å². The molecule has 2 atom stereocenters. The van der Waals surface area contributed by atoms with E-state index in [1.165, 1.54) is 9.75 Å². The van der Waals surface area contributed by atoms with Crippen LogP contribution in [0.4, 0.5) is 0 Å². The lowest BCUT2D eigenvalue weighted by Gasteiger charge is -2.37. The van der Waals surface area contributed by atoms with E-state index in [0.717, 1.165) is 32.6 Å². The first kappa shape index (κ1) is 16.0. The van der Waals surface area contributed by atoms with Gasteiger partial charge in [-0.3, -0.25) is 9.69 Å². The standard InChI is InChI=1S/C17H26N2O2S/c1-12-4-5-15(22-12)13-10-14(13)16(20)19-8-6-18(7-9-19)11-17(2,3)21/h4-5,13-14,21H,6-11H2,1-3H3/t13-,14+/m1/s1. The summed E-state index contributed by atoms with van der Waals surface area (Å²) in [5.74, 6) is 0.999. The van der Waals surface area contributed by atoms with Gasteiger partial charge >= 0.3 is 0 Å². The zero-order valence-corrected chi connectivity index (χ0v) is 14.5. The Kier molecular flexibility index (Phi) is 4.32. The molecule has 0 radical (unpaired) electrons. The molecule has 0 spiro atoms. The van der Waals surface area contributed by atoms with Gasteiger partial charge < -0.3 is 10.0 Å². The Morgan fingerprint density at radius 3 is 2.55 bits per heavy atom. The number of aryl methyl sites for hydroxylation is 1. The molecular formula is C17H26N2O2S. The van der Waals surface area contributed by atoms with Crippen LogP contribution < -0.4 is 0 Å². The molecule has 1 saturated carbocycles. The molecule has 2 heterocycles. The minimum absolute atomic E-state index is 0.207. The van der Waals surface area contributed by atoms with Gasteiger partial charge in [0.2, 0.25) is 5.91 Å². The van der Waals surface area contributed by atoms with Gasteiger partial charge in [0.05, 0.1) is 5.60 Å². The lowest BCUT2D eigenvalue weighted by molar-refractivity contribution is -0.134. The maximum absolute atomic E-state index is 12.6. The first-order valence-corrected chi connectivity index (χ1v) is 8.95. The SMILES string of the molecule is Cc1ccc([C@@H]2C[C@@H]2C(=O)N2CCN(CC(C)(C)O)CC2)s1. The van der Waals surface area contributed by atoms with Crippen LogP contribution in [0.5, 0.6) is 0 Å². The van der Waals surface area contributed by atoms with E-state index in [0.29, 0.717) is 18.4 Å². The second kappa shape index (κ2) is 5.95. The Morgan fingerprint density at radius 2 is 2.00 bits per heavy atom. The Hall–Kier alpha value is -0.910. The normalized spacial score (nSPS) is 26.3. The molecule has 5 heteroatoms. The van der Waals surface area contributed by atoms with E-state index in [4.69, 9.17) is 0 Å². The van der Waals surface area contributed by atoms with Crippen LogP contribution in [-0.4, -0.2) is 59.1 Å². The van der Waals surface area contributed by atoms with Gasteiger partial charge in [-0.25, -0.2) is 0 Å². The molecule has 2 fully saturated rings. The number of hydrogen-bond donors (Lipinski definition) is 1. The van der Waals surface area contributed by atoms with Crippen molar-refractivity contribution in [1.82, 2.24) is 9.80 Å². The summed E-state index contributed by atoms with van der Waals surface area (Å²) in [5, 5.41) is 9.88. The van der Waals surface area contributed by atoms with Crippen LogP contribution in [0.1, 0.15) is 35.9 Å². The molecule has 1 saturated heterocycles. The second-order valence-electron chi connectivity index (χ2n) is 7.31. The van der Waals surface area contributed by atoms with Gasteiger partial charge in [0.15, 0.2) is 0 Å². The molecule has 1 amide bonds. The maximum Gasteiger partial charge on any atom is 0.226 e. The highest BCUT2D eigenvalue weighted by atomic mass is 32.1. The molecule has 1 aliphatic heterocycles. The molecule has 1 aromatic heterocycles. The summed E-state index contributed by atoms with van der Waals surface area (Å²) in [6, 6.07) is 4.33. The second-order valence-corrected chi connectivity index (χ2v) is 8.63. The first-order valence-electron chi connectivity index (χ1n) is 8.13.